The van der Waals surface area contributed by atoms with Gasteiger partial charge in [0, 0.05) is 38.3 Å². The second kappa shape index (κ2) is 9.20. The fraction of sp³-hybridized carbons (Fsp3) is 0.240. The van der Waals surface area contributed by atoms with Crippen LogP contribution in [-0.2, 0) is 16.6 Å². The second-order valence-electron chi connectivity index (χ2n) is 8.25. The SMILES string of the molecule is CCn1ncc2c(C(=O)N3CCN(S(=O)(=O)c4ccccc4F)CC3)cc(-c3ccccc3)nc21. The van der Waals surface area contributed by atoms with Gasteiger partial charge in [-0.05, 0) is 25.1 Å². The number of rotatable bonds is 5. The molecule has 8 nitrogen and oxygen atoms in total. The number of piperazine rings is 1. The molecule has 35 heavy (non-hydrogen) atoms. The van der Waals surface area contributed by atoms with Crippen molar-refractivity contribution in [3.8, 4) is 11.3 Å². The summed E-state index contributed by atoms with van der Waals surface area (Å²) < 4.78 is 43.0. The van der Waals surface area contributed by atoms with Crippen LogP contribution >= 0.6 is 0 Å². The molecule has 3 heterocycles. The fourth-order valence-electron chi connectivity index (χ4n) is 4.31. The van der Waals surface area contributed by atoms with Gasteiger partial charge in [-0.2, -0.15) is 9.40 Å². The van der Waals surface area contributed by atoms with Gasteiger partial charge in [-0.1, -0.05) is 42.5 Å². The molecular formula is C25H24FN5O3S. The zero-order chi connectivity index (χ0) is 24.6. The van der Waals surface area contributed by atoms with Crippen LogP contribution in [-0.4, -0.2) is 64.5 Å². The number of carbonyl (C=O) groups excluding carboxylic acids is 1. The summed E-state index contributed by atoms with van der Waals surface area (Å²) in [6.07, 6.45) is 1.65. The van der Waals surface area contributed by atoms with Crippen molar-refractivity contribution in [3.63, 3.8) is 0 Å². The zero-order valence-corrected chi connectivity index (χ0v) is 19.9. The van der Waals surface area contributed by atoms with Crippen molar-refractivity contribution >= 4 is 27.0 Å². The topological polar surface area (TPSA) is 88.4 Å². The molecule has 0 saturated carbocycles. The standard InChI is InChI=1S/C25H24FN5O3S/c1-2-31-24-20(17-27-31)19(16-22(28-24)18-8-4-3-5-9-18)25(32)29-12-14-30(15-13-29)35(33,34)23-11-7-6-10-21(23)26/h3-11,16-17H,2,12-15H2,1H3. The highest BCUT2D eigenvalue weighted by molar-refractivity contribution is 7.89. The van der Waals surface area contributed by atoms with Gasteiger partial charge < -0.3 is 4.90 Å². The van der Waals surface area contributed by atoms with Crippen molar-refractivity contribution in [3.05, 3.63) is 78.2 Å². The predicted octanol–water partition coefficient (Wildman–Crippen LogP) is 3.40. The summed E-state index contributed by atoms with van der Waals surface area (Å²) in [5.41, 5.74) is 2.64. The summed E-state index contributed by atoms with van der Waals surface area (Å²) in [4.78, 5) is 19.6. The van der Waals surface area contributed by atoms with Crippen LogP contribution in [0.1, 0.15) is 17.3 Å². The number of hydrogen-bond acceptors (Lipinski definition) is 5. The van der Waals surface area contributed by atoms with Gasteiger partial charge >= 0.3 is 0 Å². The number of benzene rings is 2. The van der Waals surface area contributed by atoms with E-state index in [1.165, 1.54) is 22.5 Å². The number of nitrogens with zero attached hydrogens (tertiary/aromatic N) is 5. The van der Waals surface area contributed by atoms with Gasteiger partial charge in [-0.3, -0.25) is 4.79 Å². The van der Waals surface area contributed by atoms with Gasteiger partial charge in [0.05, 0.1) is 22.8 Å². The van der Waals surface area contributed by atoms with E-state index in [0.717, 1.165) is 11.6 Å². The van der Waals surface area contributed by atoms with Crippen LogP contribution in [0.2, 0.25) is 0 Å². The number of amides is 1. The minimum atomic E-state index is -3.99. The lowest BCUT2D eigenvalue weighted by atomic mass is 10.1. The van der Waals surface area contributed by atoms with E-state index in [0.29, 0.717) is 28.8 Å². The van der Waals surface area contributed by atoms with Crippen molar-refractivity contribution in [2.24, 2.45) is 0 Å². The maximum absolute atomic E-state index is 14.1. The highest BCUT2D eigenvalue weighted by Gasteiger charge is 2.32. The largest absolute Gasteiger partial charge is 0.336 e. The van der Waals surface area contributed by atoms with Crippen LogP contribution < -0.4 is 0 Å². The molecule has 0 unspecified atom stereocenters. The quantitative estimate of drug-likeness (QED) is 0.425. The summed E-state index contributed by atoms with van der Waals surface area (Å²) in [6.45, 7) is 3.11. The van der Waals surface area contributed by atoms with Gasteiger partial charge in [-0.25, -0.2) is 22.5 Å². The number of aryl methyl sites for hydroxylation is 1. The summed E-state index contributed by atoms with van der Waals surface area (Å²) in [7, 11) is -3.99. The highest BCUT2D eigenvalue weighted by Crippen LogP contribution is 2.27. The maximum atomic E-state index is 14.1. The predicted molar refractivity (Wildman–Crippen MR) is 130 cm³/mol. The Labute approximate surface area is 202 Å². The molecule has 10 heteroatoms. The number of hydrogen-bond donors (Lipinski definition) is 0. The van der Waals surface area contributed by atoms with Gasteiger partial charge in [0.2, 0.25) is 10.0 Å². The first-order valence-corrected chi connectivity index (χ1v) is 12.8. The van der Waals surface area contributed by atoms with Gasteiger partial charge in [0.1, 0.15) is 10.7 Å². The minimum absolute atomic E-state index is 0.0798. The van der Waals surface area contributed by atoms with E-state index >= 15 is 0 Å². The molecule has 1 saturated heterocycles. The molecule has 1 fully saturated rings. The molecular weight excluding hydrogens is 469 g/mol. The Bertz CT molecular complexity index is 1500. The van der Waals surface area contributed by atoms with E-state index in [2.05, 4.69) is 5.10 Å². The van der Waals surface area contributed by atoms with Crippen LogP contribution in [0.25, 0.3) is 22.3 Å². The van der Waals surface area contributed by atoms with E-state index in [1.54, 1.807) is 21.8 Å². The number of sulfonamides is 1. The average Bonchev–Trinajstić information content (AvgIpc) is 3.31. The summed E-state index contributed by atoms with van der Waals surface area (Å²) in [6, 6.07) is 16.7. The Balaban J connectivity index is 1.43. The Morgan fingerprint density at radius 3 is 2.37 bits per heavy atom. The Morgan fingerprint density at radius 2 is 1.69 bits per heavy atom. The third-order valence-electron chi connectivity index (χ3n) is 6.19. The lowest BCUT2D eigenvalue weighted by molar-refractivity contribution is 0.0699. The molecule has 0 spiro atoms. The molecule has 1 amide bonds. The number of pyridine rings is 1. The van der Waals surface area contributed by atoms with Crippen LogP contribution in [0, 0.1) is 5.82 Å². The van der Waals surface area contributed by atoms with E-state index in [4.69, 9.17) is 4.98 Å². The molecule has 5 rings (SSSR count). The minimum Gasteiger partial charge on any atom is -0.336 e. The molecule has 0 bridgehead atoms. The molecule has 0 aliphatic carbocycles. The number of halogens is 1. The highest BCUT2D eigenvalue weighted by atomic mass is 32.2. The Hall–Kier alpha value is -3.63. The molecule has 180 valence electrons. The van der Waals surface area contributed by atoms with Crippen LogP contribution in [0.4, 0.5) is 4.39 Å². The van der Waals surface area contributed by atoms with Crippen molar-refractivity contribution in [2.45, 2.75) is 18.4 Å². The molecule has 0 atom stereocenters. The van der Waals surface area contributed by atoms with Gasteiger partial charge in [-0.15, -0.1) is 0 Å². The van der Waals surface area contributed by atoms with Crippen molar-refractivity contribution in [2.75, 3.05) is 26.2 Å². The summed E-state index contributed by atoms with van der Waals surface area (Å²) in [5, 5.41) is 5.03. The normalized spacial score (nSPS) is 15.0. The van der Waals surface area contributed by atoms with Crippen LogP contribution in [0.5, 0.6) is 0 Å². The van der Waals surface area contributed by atoms with Crippen LogP contribution in [0.3, 0.4) is 0 Å². The Morgan fingerprint density at radius 1 is 1.00 bits per heavy atom. The lowest BCUT2D eigenvalue weighted by Crippen LogP contribution is -2.50. The third-order valence-corrected chi connectivity index (χ3v) is 8.12. The number of fused-ring (bicyclic) bond motifs is 1. The van der Waals surface area contributed by atoms with Gasteiger partial charge in [0.15, 0.2) is 5.65 Å². The zero-order valence-electron chi connectivity index (χ0n) is 19.1. The van der Waals surface area contributed by atoms with E-state index in [1.807, 2.05) is 37.3 Å². The first kappa shape index (κ1) is 23.1. The molecule has 2 aromatic heterocycles. The number of aromatic nitrogens is 3. The van der Waals surface area contributed by atoms with Crippen molar-refractivity contribution in [1.82, 2.24) is 24.0 Å². The molecule has 0 N–H and O–H groups in total. The van der Waals surface area contributed by atoms with Crippen LogP contribution in [0.15, 0.2) is 71.8 Å². The lowest BCUT2D eigenvalue weighted by Gasteiger charge is -2.34. The van der Waals surface area contributed by atoms with E-state index < -0.39 is 15.8 Å². The Kier molecular flexibility index (Phi) is 6.08. The first-order chi connectivity index (χ1) is 16.9. The van der Waals surface area contributed by atoms with E-state index in [-0.39, 0.29) is 37.0 Å². The van der Waals surface area contributed by atoms with Crippen molar-refractivity contribution in [1.29, 1.82) is 0 Å². The van der Waals surface area contributed by atoms with Crippen molar-refractivity contribution < 1.29 is 17.6 Å². The molecule has 4 aromatic rings. The molecule has 1 aliphatic heterocycles. The third kappa shape index (κ3) is 4.19. The molecule has 1 aliphatic rings. The monoisotopic (exact) mass is 493 g/mol. The second-order valence-corrected chi connectivity index (χ2v) is 10.2. The first-order valence-electron chi connectivity index (χ1n) is 11.4. The number of carbonyl (C=O) groups is 1. The molecule has 2 aromatic carbocycles. The smallest absolute Gasteiger partial charge is 0.254 e. The average molecular weight is 494 g/mol. The van der Waals surface area contributed by atoms with Gasteiger partial charge in [0.25, 0.3) is 5.91 Å². The van der Waals surface area contributed by atoms with E-state index in [9.17, 15) is 17.6 Å². The summed E-state index contributed by atoms with van der Waals surface area (Å²) >= 11 is 0. The fourth-order valence-corrected chi connectivity index (χ4v) is 5.79. The molecule has 0 radical (unpaired) electrons. The maximum Gasteiger partial charge on any atom is 0.254 e. The summed E-state index contributed by atoms with van der Waals surface area (Å²) in [5.74, 6) is -1.00.